The van der Waals surface area contributed by atoms with Gasteiger partial charge in [-0.05, 0) is 25.1 Å². The lowest BCUT2D eigenvalue weighted by Crippen LogP contribution is -1.94. The Balaban J connectivity index is 2.22. The number of aromatic nitrogens is 4. The van der Waals surface area contributed by atoms with Crippen LogP contribution in [0.4, 0.5) is 0 Å². The molecule has 5 heteroatoms. The highest BCUT2D eigenvalue weighted by atomic mass is 32.1. The van der Waals surface area contributed by atoms with Crippen LogP contribution in [0, 0.1) is 6.92 Å². The maximum absolute atomic E-state index is 4.47. The van der Waals surface area contributed by atoms with Gasteiger partial charge in [0.05, 0.1) is 15.2 Å². The van der Waals surface area contributed by atoms with Crippen molar-refractivity contribution >= 4 is 21.6 Å². The SMILES string of the molecule is Cc1nc2cc(-c3ncnn3C)ccc2s1. The van der Waals surface area contributed by atoms with Gasteiger partial charge in [-0.15, -0.1) is 11.3 Å². The van der Waals surface area contributed by atoms with E-state index in [0.29, 0.717) is 0 Å². The number of rotatable bonds is 1. The molecule has 0 spiro atoms. The summed E-state index contributed by atoms with van der Waals surface area (Å²) in [5.74, 6) is 0.868. The minimum Gasteiger partial charge on any atom is -0.249 e. The summed E-state index contributed by atoms with van der Waals surface area (Å²) in [5, 5.41) is 5.15. The average Bonchev–Trinajstić information content (AvgIpc) is 2.81. The maximum Gasteiger partial charge on any atom is 0.157 e. The molecule has 0 aliphatic rings. The van der Waals surface area contributed by atoms with E-state index in [9.17, 15) is 0 Å². The smallest absolute Gasteiger partial charge is 0.157 e. The van der Waals surface area contributed by atoms with E-state index in [1.165, 1.54) is 4.70 Å². The van der Waals surface area contributed by atoms with E-state index in [0.717, 1.165) is 21.9 Å². The number of hydrogen-bond acceptors (Lipinski definition) is 4. The number of fused-ring (bicyclic) bond motifs is 1. The molecular weight excluding hydrogens is 220 g/mol. The zero-order valence-corrected chi connectivity index (χ0v) is 9.82. The molecule has 80 valence electrons. The van der Waals surface area contributed by atoms with Crippen molar-refractivity contribution < 1.29 is 0 Å². The fourth-order valence-electron chi connectivity index (χ4n) is 1.74. The van der Waals surface area contributed by atoms with Crippen LogP contribution in [-0.4, -0.2) is 19.7 Å². The van der Waals surface area contributed by atoms with Crippen molar-refractivity contribution in [2.24, 2.45) is 7.05 Å². The second kappa shape index (κ2) is 3.38. The molecule has 1 aromatic carbocycles. The molecule has 0 unspecified atom stereocenters. The molecule has 4 nitrogen and oxygen atoms in total. The van der Waals surface area contributed by atoms with Gasteiger partial charge in [0.25, 0.3) is 0 Å². The number of thiazole rings is 1. The fraction of sp³-hybridized carbons (Fsp3) is 0.182. The maximum atomic E-state index is 4.47. The van der Waals surface area contributed by atoms with Crippen LogP contribution in [0.1, 0.15) is 5.01 Å². The zero-order valence-electron chi connectivity index (χ0n) is 9.01. The van der Waals surface area contributed by atoms with Crippen molar-refractivity contribution in [2.75, 3.05) is 0 Å². The summed E-state index contributed by atoms with van der Waals surface area (Å²) < 4.78 is 2.98. The summed E-state index contributed by atoms with van der Waals surface area (Å²) in [5.41, 5.74) is 2.08. The third kappa shape index (κ3) is 1.40. The van der Waals surface area contributed by atoms with Crippen molar-refractivity contribution in [3.63, 3.8) is 0 Å². The van der Waals surface area contributed by atoms with Gasteiger partial charge in [0, 0.05) is 12.6 Å². The third-order valence-corrected chi connectivity index (χ3v) is 3.42. The van der Waals surface area contributed by atoms with Crippen LogP contribution in [0.2, 0.25) is 0 Å². The van der Waals surface area contributed by atoms with Crippen LogP contribution in [0.3, 0.4) is 0 Å². The van der Waals surface area contributed by atoms with Gasteiger partial charge in [-0.2, -0.15) is 5.10 Å². The molecule has 16 heavy (non-hydrogen) atoms. The number of hydrogen-bond donors (Lipinski definition) is 0. The monoisotopic (exact) mass is 230 g/mol. The zero-order chi connectivity index (χ0) is 11.1. The molecule has 2 aromatic heterocycles. The standard InChI is InChI=1S/C11H10N4S/c1-7-14-9-5-8(3-4-10(9)16-7)11-12-6-13-15(11)2/h3-6H,1-2H3. The van der Waals surface area contributed by atoms with Gasteiger partial charge in [-0.3, -0.25) is 0 Å². The van der Waals surface area contributed by atoms with E-state index in [4.69, 9.17) is 0 Å². The van der Waals surface area contributed by atoms with Crippen molar-refractivity contribution in [1.29, 1.82) is 0 Å². The summed E-state index contributed by atoms with van der Waals surface area (Å²) in [4.78, 5) is 8.70. The van der Waals surface area contributed by atoms with E-state index < -0.39 is 0 Å². The van der Waals surface area contributed by atoms with Crippen LogP contribution >= 0.6 is 11.3 Å². The van der Waals surface area contributed by atoms with Crippen LogP contribution in [-0.2, 0) is 7.05 Å². The Kier molecular flexibility index (Phi) is 2.00. The Morgan fingerprint density at radius 1 is 1.31 bits per heavy atom. The van der Waals surface area contributed by atoms with Crippen molar-refractivity contribution in [2.45, 2.75) is 6.92 Å². The molecule has 3 rings (SSSR count). The Bertz CT molecular complexity index is 653. The van der Waals surface area contributed by atoms with Gasteiger partial charge < -0.3 is 0 Å². The van der Waals surface area contributed by atoms with Crippen LogP contribution in [0.15, 0.2) is 24.5 Å². The lowest BCUT2D eigenvalue weighted by atomic mass is 10.2. The lowest BCUT2D eigenvalue weighted by molar-refractivity contribution is 0.774. The molecule has 0 aliphatic carbocycles. The first kappa shape index (κ1) is 9.47. The Morgan fingerprint density at radius 3 is 2.94 bits per heavy atom. The largest absolute Gasteiger partial charge is 0.249 e. The van der Waals surface area contributed by atoms with Gasteiger partial charge in [-0.1, -0.05) is 0 Å². The van der Waals surface area contributed by atoms with E-state index in [-0.39, 0.29) is 0 Å². The van der Waals surface area contributed by atoms with Gasteiger partial charge in [0.2, 0.25) is 0 Å². The van der Waals surface area contributed by atoms with Crippen LogP contribution in [0.25, 0.3) is 21.6 Å². The van der Waals surface area contributed by atoms with E-state index >= 15 is 0 Å². The van der Waals surface area contributed by atoms with Crippen molar-refractivity contribution in [3.8, 4) is 11.4 Å². The van der Waals surface area contributed by atoms with Crippen molar-refractivity contribution in [3.05, 3.63) is 29.5 Å². The van der Waals surface area contributed by atoms with Gasteiger partial charge >= 0.3 is 0 Å². The minimum atomic E-state index is 0.868. The molecular formula is C11H10N4S. The molecule has 0 fully saturated rings. The Hall–Kier alpha value is -1.75. The number of benzene rings is 1. The average molecular weight is 230 g/mol. The molecule has 0 saturated heterocycles. The van der Waals surface area contributed by atoms with E-state index in [1.54, 1.807) is 22.3 Å². The number of nitrogens with zero attached hydrogens (tertiary/aromatic N) is 4. The molecule has 3 aromatic rings. The normalized spacial score (nSPS) is 11.1. The fourth-order valence-corrected chi connectivity index (χ4v) is 2.55. The molecule has 2 heterocycles. The lowest BCUT2D eigenvalue weighted by Gasteiger charge is -1.99. The summed E-state index contributed by atoms with van der Waals surface area (Å²) in [7, 11) is 1.89. The van der Waals surface area contributed by atoms with Gasteiger partial charge in [0.1, 0.15) is 6.33 Å². The Morgan fingerprint density at radius 2 is 2.19 bits per heavy atom. The third-order valence-electron chi connectivity index (χ3n) is 2.46. The van der Waals surface area contributed by atoms with Crippen LogP contribution in [0.5, 0.6) is 0 Å². The highest BCUT2D eigenvalue weighted by Gasteiger charge is 2.07. The second-order valence-electron chi connectivity index (χ2n) is 3.62. The first-order valence-corrected chi connectivity index (χ1v) is 5.77. The molecule has 0 amide bonds. The molecule has 0 atom stereocenters. The second-order valence-corrected chi connectivity index (χ2v) is 4.86. The highest BCUT2D eigenvalue weighted by molar-refractivity contribution is 7.18. The van der Waals surface area contributed by atoms with Gasteiger partial charge in [-0.25, -0.2) is 14.6 Å². The van der Waals surface area contributed by atoms with Crippen molar-refractivity contribution in [1.82, 2.24) is 19.7 Å². The quantitative estimate of drug-likeness (QED) is 0.644. The Labute approximate surface area is 96.6 Å². The van der Waals surface area contributed by atoms with E-state index in [2.05, 4.69) is 33.3 Å². The first-order valence-electron chi connectivity index (χ1n) is 4.95. The number of aryl methyl sites for hydroxylation is 2. The molecule has 0 saturated carbocycles. The highest BCUT2D eigenvalue weighted by Crippen LogP contribution is 2.26. The molecule has 0 N–H and O–H groups in total. The molecule has 0 aliphatic heterocycles. The summed E-state index contributed by atoms with van der Waals surface area (Å²) in [6, 6.07) is 6.21. The van der Waals surface area contributed by atoms with Crippen LogP contribution < -0.4 is 0 Å². The summed E-state index contributed by atoms with van der Waals surface area (Å²) >= 11 is 1.71. The van der Waals surface area contributed by atoms with E-state index in [1.807, 2.05) is 14.0 Å². The predicted octanol–water partition coefficient (Wildman–Crippen LogP) is 2.40. The molecule has 0 bridgehead atoms. The summed E-state index contributed by atoms with van der Waals surface area (Å²) in [6.07, 6.45) is 1.56. The predicted molar refractivity (Wildman–Crippen MR) is 64.4 cm³/mol. The first-order chi connectivity index (χ1) is 7.74. The van der Waals surface area contributed by atoms with Gasteiger partial charge in [0.15, 0.2) is 5.82 Å². The topological polar surface area (TPSA) is 43.6 Å². The minimum absolute atomic E-state index is 0.868. The summed E-state index contributed by atoms with van der Waals surface area (Å²) in [6.45, 7) is 2.02. The molecule has 0 radical (unpaired) electrons.